The Kier molecular flexibility index (Phi) is 5.77. The summed E-state index contributed by atoms with van der Waals surface area (Å²) in [5.74, 6) is -0.247. The minimum Gasteiger partial charge on any atom is -0.325 e. The Morgan fingerprint density at radius 2 is 1.84 bits per heavy atom. The molecule has 32 heavy (non-hydrogen) atoms. The van der Waals surface area contributed by atoms with Crippen LogP contribution in [0.3, 0.4) is 0 Å². The largest absolute Gasteiger partial charge is 0.325 e. The fourth-order valence-corrected chi connectivity index (χ4v) is 5.59. The van der Waals surface area contributed by atoms with Gasteiger partial charge in [0.15, 0.2) is 5.13 Å². The van der Waals surface area contributed by atoms with E-state index in [1.165, 1.54) is 11.3 Å². The van der Waals surface area contributed by atoms with E-state index in [1.54, 1.807) is 50.7 Å². The average Bonchev–Trinajstić information content (AvgIpc) is 3.33. The first-order valence-corrected chi connectivity index (χ1v) is 12.8. The van der Waals surface area contributed by atoms with Crippen LogP contribution < -0.4 is 10.0 Å². The minimum atomic E-state index is -3.49. The zero-order valence-electron chi connectivity index (χ0n) is 17.8. The van der Waals surface area contributed by atoms with Crippen LogP contribution in [-0.2, 0) is 20.2 Å². The van der Waals surface area contributed by atoms with Gasteiger partial charge in [-0.2, -0.15) is 0 Å². The molecule has 3 aromatic rings. The molecular formula is C22H23ClN4O3S2. The number of amides is 1. The zero-order valence-corrected chi connectivity index (χ0v) is 20.2. The van der Waals surface area contributed by atoms with Gasteiger partial charge in [0.25, 0.3) is 0 Å². The van der Waals surface area contributed by atoms with E-state index in [2.05, 4.69) is 20.0 Å². The maximum atomic E-state index is 13.0. The number of carbonyl (C=O) groups excluding carboxylic acids is 1. The van der Waals surface area contributed by atoms with Gasteiger partial charge >= 0.3 is 0 Å². The molecule has 0 bridgehead atoms. The Bertz CT molecular complexity index is 1270. The summed E-state index contributed by atoms with van der Waals surface area (Å²) in [7, 11) is -3.49. The van der Waals surface area contributed by atoms with Crippen LogP contribution in [0.5, 0.6) is 0 Å². The number of thiazole rings is 1. The number of anilines is 2. The van der Waals surface area contributed by atoms with Crippen molar-refractivity contribution < 1.29 is 13.2 Å². The molecule has 7 nitrogen and oxygen atoms in total. The first-order valence-electron chi connectivity index (χ1n) is 10.0. The minimum absolute atomic E-state index is 0.247. The van der Waals surface area contributed by atoms with Crippen molar-refractivity contribution in [1.29, 1.82) is 0 Å². The number of nitrogens with one attached hydrogen (secondary N) is 2. The summed E-state index contributed by atoms with van der Waals surface area (Å²) in [4.78, 5) is 21.5. The monoisotopic (exact) mass is 490 g/mol. The van der Waals surface area contributed by atoms with Crippen molar-refractivity contribution in [3.8, 4) is 11.1 Å². The zero-order chi connectivity index (χ0) is 23.1. The smallest absolute Gasteiger partial charge is 0.239 e. The molecule has 10 heteroatoms. The van der Waals surface area contributed by atoms with Gasteiger partial charge in [-0.15, -0.1) is 11.3 Å². The average molecular weight is 491 g/mol. The highest BCUT2D eigenvalue weighted by atomic mass is 35.5. The standard InChI is InChI=1S/C22H23ClN4O3S2/c1-21(2,18-13-31-20(26-18)27-32(29,30)22(3)8-9-22)19(28)25-17-6-4-14(5-7-17)15-10-16(23)12-24-11-15/h4-7,10-13H,8-9H2,1-3H3,(H,25,28)(H,26,27). The summed E-state index contributed by atoms with van der Waals surface area (Å²) in [6.45, 7) is 5.23. The number of pyridine rings is 1. The molecule has 2 heterocycles. The summed E-state index contributed by atoms with van der Waals surface area (Å²) in [6, 6.07) is 9.19. The summed E-state index contributed by atoms with van der Waals surface area (Å²) >= 11 is 7.18. The SMILES string of the molecule is CC(C)(C(=O)Nc1ccc(-c2cncc(Cl)c2)cc1)c1csc(NS(=O)(=O)C2(C)CC2)n1. The Hall–Kier alpha value is -2.49. The Morgan fingerprint density at radius 1 is 1.16 bits per heavy atom. The van der Waals surface area contributed by atoms with E-state index in [0.29, 0.717) is 29.2 Å². The van der Waals surface area contributed by atoms with Crippen LogP contribution in [0.2, 0.25) is 5.02 Å². The molecule has 0 radical (unpaired) electrons. The van der Waals surface area contributed by atoms with Crippen LogP contribution in [0.1, 0.15) is 39.3 Å². The molecule has 1 fully saturated rings. The molecule has 1 saturated carbocycles. The fraction of sp³-hybridized carbons (Fsp3) is 0.318. The number of benzene rings is 1. The Balaban J connectivity index is 1.45. The van der Waals surface area contributed by atoms with Crippen LogP contribution in [0.25, 0.3) is 11.1 Å². The predicted molar refractivity (Wildman–Crippen MR) is 129 cm³/mol. The molecule has 4 rings (SSSR count). The van der Waals surface area contributed by atoms with E-state index in [-0.39, 0.29) is 11.0 Å². The molecule has 2 N–H and O–H groups in total. The Labute approximate surface area is 196 Å². The summed E-state index contributed by atoms with van der Waals surface area (Å²) < 4.78 is 26.7. The van der Waals surface area contributed by atoms with Crippen molar-refractivity contribution in [2.75, 3.05) is 10.0 Å². The van der Waals surface area contributed by atoms with E-state index in [1.807, 2.05) is 18.2 Å². The first-order chi connectivity index (χ1) is 15.0. The second-order valence-electron chi connectivity index (χ2n) is 8.64. The lowest BCUT2D eigenvalue weighted by molar-refractivity contribution is -0.120. The maximum absolute atomic E-state index is 13.0. The van der Waals surface area contributed by atoms with Gasteiger partial charge in [-0.1, -0.05) is 23.7 Å². The molecule has 0 atom stereocenters. The van der Waals surface area contributed by atoms with E-state index in [9.17, 15) is 13.2 Å². The molecule has 0 aliphatic heterocycles. The van der Waals surface area contributed by atoms with Gasteiger partial charge in [-0.3, -0.25) is 14.5 Å². The molecule has 0 spiro atoms. The second kappa shape index (κ2) is 8.13. The molecule has 2 aromatic heterocycles. The third-order valence-electron chi connectivity index (χ3n) is 5.72. The van der Waals surface area contributed by atoms with Gasteiger partial charge in [0, 0.05) is 29.0 Å². The van der Waals surface area contributed by atoms with Gasteiger partial charge in [0.05, 0.1) is 20.9 Å². The number of aromatic nitrogens is 2. The molecule has 1 aliphatic carbocycles. The van der Waals surface area contributed by atoms with Crippen molar-refractivity contribution in [1.82, 2.24) is 9.97 Å². The van der Waals surface area contributed by atoms with Crippen molar-refractivity contribution in [2.45, 2.75) is 43.8 Å². The number of nitrogens with zero attached hydrogens (tertiary/aromatic N) is 2. The van der Waals surface area contributed by atoms with Crippen molar-refractivity contribution in [2.24, 2.45) is 0 Å². The molecule has 1 aliphatic rings. The van der Waals surface area contributed by atoms with Gasteiger partial charge in [0.2, 0.25) is 15.9 Å². The molecule has 1 aromatic carbocycles. The highest BCUT2D eigenvalue weighted by Gasteiger charge is 2.50. The van der Waals surface area contributed by atoms with Crippen molar-refractivity contribution >= 4 is 49.7 Å². The summed E-state index contributed by atoms with van der Waals surface area (Å²) in [5.41, 5.74) is 1.99. The van der Waals surface area contributed by atoms with E-state index in [0.717, 1.165) is 11.1 Å². The van der Waals surface area contributed by atoms with Gasteiger partial charge in [-0.25, -0.2) is 13.4 Å². The molecular weight excluding hydrogens is 468 g/mol. The molecule has 0 unspecified atom stereocenters. The van der Waals surface area contributed by atoms with Gasteiger partial charge in [0.1, 0.15) is 0 Å². The third-order valence-corrected chi connectivity index (χ3v) is 8.98. The normalized spacial score (nSPS) is 15.2. The second-order valence-corrected chi connectivity index (χ2v) is 12.1. The van der Waals surface area contributed by atoms with Gasteiger partial charge < -0.3 is 5.32 Å². The lowest BCUT2D eigenvalue weighted by Gasteiger charge is -2.21. The van der Waals surface area contributed by atoms with Crippen LogP contribution in [0.15, 0.2) is 48.1 Å². The summed E-state index contributed by atoms with van der Waals surface area (Å²) in [6.07, 6.45) is 4.57. The van der Waals surface area contributed by atoms with E-state index < -0.39 is 20.2 Å². The lowest BCUT2D eigenvalue weighted by Crippen LogP contribution is -2.35. The van der Waals surface area contributed by atoms with Crippen LogP contribution in [0, 0.1) is 0 Å². The summed E-state index contributed by atoms with van der Waals surface area (Å²) in [5, 5.41) is 5.44. The fourth-order valence-electron chi connectivity index (χ4n) is 3.01. The quantitative estimate of drug-likeness (QED) is 0.481. The predicted octanol–water partition coefficient (Wildman–Crippen LogP) is 5.07. The van der Waals surface area contributed by atoms with Crippen molar-refractivity contribution in [3.05, 3.63) is 58.8 Å². The van der Waals surface area contributed by atoms with E-state index in [4.69, 9.17) is 11.6 Å². The van der Waals surface area contributed by atoms with Crippen LogP contribution >= 0.6 is 22.9 Å². The van der Waals surface area contributed by atoms with E-state index >= 15 is 0 Å². The van der Waals surface area contributed by atoms with Crippen molar-refractivity contribution in [3.63, 3.8) is 0 Å². The number of sulfonamides is 1. The number of hydrogen-bond acceptors (Lipinski definition) is 6. The van der Waals surface area contributed by atoms with Crippen LogP contribution in [0.4, 0.5) is 10.8 Å². The number of hydrogen-bond donors (Lipinski definition) is 2. The maximum Gasteiger partial charge on any atom is 0.239 e. The van der Waals surface area contributed by atoms with Crippen LogP contribution in [-0.4, -0.2) is 29.0 Å². The molecule has 1 amide bonds. The topological polar surface area (TPSA) is 101 Å². The first kappa shape index (κ1) is 22.7. The molecule has 168 valence electrons. The number of rotatable bonds is 7. The molecule has 0 saturated heterocycles. The highest BCUT2D eigenvalue weighted by molar-refractivity contribution is 7.94. The lowest BCUT2D eigenvalue weighted by atomic mass is 9.89. The number of carbonyl (C=O) groups is 1. The third kappa shape index (κ3) is 4.51. The Morgan fingerprint density at radius 3 is 2.47 bits per heavy atom. The van der Waals surface area contributed by atoms with Gasteiger partial charge in [-0.05, 0) is 57.4 Å². The highest BCUT2D eigenvalue weighted by Crippen LogP contribution is 2.43. The number of halogens is 1.